The van der Waals surface area contributed by atoms with Crippen LogP contribution in [0, 0.1) is 34.0 Å². The van der Waals surface area contributed by atoms with Crippen LogP contribution in [0.25, 0.3) is 0 Å². The van der Waals surface area contributed by atoms with Gasteiger partial charge in [-0.05, 0) is 56.8 Å². The van der Waals surface area contributed by atoms with Crippen molar-refractivity contribution in [3.05, 3.63) is 0 Å². The molecule has 4 aliphatic carbocycles. The topological polar surface area (TPSA) is 96.0 Å². The first-order chi connectivity index (χ1) is 15.2. The molecule has 4 rings (SSSR count). The molecule has 1 spiro atoms. The highest BCUT2D eigenvalue weighted by Crippen LogP contribution is 2.72. The Bertz CT molecular complexity index is 893. The van der Waals surface area contributed by atoms with Gasteiger partial charge in [0.15, 0.2) is 11.4 Å². The van der Waals surface area contributed by atoms with E-state index in [2.05, 4.69) is 20.8 Å². The first-order valence-corrected chi connectivity index (χ1v) is 12.3. The van der Waals surface area contributed by atoms with E-state index in [0.29, 0.717) is 25.7 Å². The highest BCUT2D eigenvalue weighted by molar-refractivity contribution is 5.97. The standard InChI is InChI=1S/C26H38O7/c1-14(27)31-18-12-17-13-26(22(30)25(17,7)33-16(3)29)11-8-19-23(4,5)20(32-15(2)28)9-10-24(19,6)21(18)26/h17-21H,8-13H2,1-7H3/t17-,18-,19?,20+,21-,24+,25-,26+/m0/s1. The Hall–Kier alpha value is -1.92. The lowest BCUT2D eigenvalue weighted by Crippen LogP contribution is -2.64. The number of Topliss-reactive ketones (excluding diaryl/α,β-unsaturated/α-hetero) is 1. The van der Waals surface area contributed by atoms with Crippen LogP contribution >= 0.6 is 0 Å². The third-order valence-corrected chi connectivity index (χ3v) is 9.82. The van der Waals surface area contributed by atoms with Gasteiger partial charge in [-0.15, -0.1) is 0 Å². The van der Waals surface area contributed by atoms with E-state index in [1.807, 2.05) is 0 Å². The van der Waals surface area contributed by atoms with Gasteiger partial charge in [0.1, 0.15) is 12.2 Å². The lowest BCUT2D eigenvalue weighted by Gasteiger charge is -2.65. The summed E-state index contributed by atoms with van der Waals surface area (Å²) in [5.74, 6) is -1.22. The summed E-state index contributed by atoms with van der Waals surface area (Å²) in [6.07, 6.45) is 3.56. The van der Waals surface area contributed by atoms with Crippen LogP contribution in [0.3, 0.4) is 0 Å². The maximum atomic E-state index is 14.1. The van der Waals surface area contributed by atoms with E-state index in [0.717, 1.165) is 12.8 Å². The predicted octanol–water partition coefficient (Wildman–Crippen LogP) is 4.00. The van der Waals surface area contributed by atoms with Crippen LogP contribution in [0.4, 0.5) is 0 Å². The van der Waals surface area contributed by atoms with Gasteiger partial charge in [-0.3, -0.25) is 19.2 Å². The molecule has 0 heterocycles. The van der Waals surface area contributed by atoms with Crippen LogP contribution in [0.5, 0.6) is 0 Å². The van der Waals surface area contributed by atoms with Gasteiger partial charge in [0, 0.05) is 43.4 Å². The fraction of sp³-hybridized carbons (Fsp3) is 0.846. The molecule has 0 radical (unpaired) electrons. The third-order valence-electron chi connectivity index (χ3n) is 9.82. The lowest BCUT2D eigenvalue weighted by molar-refractivity contribution is -0.221. The van der Waals surface area contributed by atoms with Crippen molar-refractivity contribution in [3.8, 4) is 0 Å². The molecule has 0 N–H and O–H groups in total. The fourth-order valence-electron chi connectivity index (χ4n) is 8.89. The van der Waals surface area contributed by atoms with Crippen molar-refractivity contribution in [1.29, 1.82) is 0 Å². The number of esters is 3. The Morgan fingerprint density at radius 2 is 1.52 bits per heavy atom. The number of carbonyl (C=O) groups excluding carboxylic acids is 4. The number of rotatable bonds is 3. The Morgan fingerprint density at radius 3 is 2.09 bits per heavy atom. The Kier molecular flexibility index (Phi) is 5.53. The quantitative estimate of drug-likeness (QED) is 0.462. The van der Waals surface area contributed by atoms with Crippen LogP contribution in [-0.4, -0.2) is 41.5 Å². The minimum absolute atomic E-state index is 0.00515. The molecule has 184 valence electrons. The maximum Gasteiger partial charge on any atom is 0.303 e. The molecular formula is C26H38O7. The Morgan fingerprint density at radius 1 is 0.879 bits per heavy atom. The number of carbonyl (C=O) groups is 4. The van der Waals surface area contributed by atoms with Gasteiger partial charge in [0.05, 0.1) is 0 Å². The molecule has 8 atom stereocenters. The minimum Gasteiger partial charge on any atom is -0.462 e. The van der Waals surface area contributed by atoms with Crippen molar-refractivity contribution >= 4 is 23.7 Å². The summed E-state index contributed by atoms with van der Waals surface area (Å²) in [6.45, 7) is 12.5. The fourth-order valence-corrected chi connectivity index (χ4v) is 8.89. The van der Waals surface area contributed by atoms with Gasteiger partial charge >= 0.3 is 17.9 Å². The zero-order valence-electron chi connectivity index (χ0n) is 21.0. The van der Waals surface area contributed by atoms with Gasteiger partial charge in [0.2, 0.25) is 0 Å². The lowest BCUT2D eigenvalue weighted by atomic mass is 9.40. The molecule has 1 unspecified atom stereocenters. The van der Waals surface area contributed by atoms with Gasteiger partial charge in [-0.25, -0.2) is 0 Å². The van der Waals surface area contributed by atoms with Gasteiger partial charge in [-0.2, -0.15) is 0 Å². The molecule has 33 heavy (non-hydrogen) atoms. The highest BCUT2D eigenvalue weighted by atomic mass is 16.6. The second-order valence-corrected chi connectivity index (χ2v) is 12.0. The molecule has 2 bridgehead atoms. The molecule has 0 aromatic heterocycles. The average Bonchev–Trinajstić information content (AvgIpc) is 2.81. The Labute approximate surface area is 196 Å². The molecule has 0 aromatic rings. The van der Waals surface area contributed by atoms with E-state index in [1.54, 1.807) is 6.92 Å². The number of ketones is 1. The molecule has 0 aliphatic heterocycles. The summed E-state index contributed by atoms with van der Waals surface area (Å²) in [4.78, 5) is 50.0. The molecule has 4 aliphatic rings. The first-order valence-electron chi connectivity index (χ1n) is 12.3. The number of hydrogen-bond acceptors (Lipinski definition) is 7. The summed E-state index contributed by atoms with van der Waals surface area (Å²) in [5.41, 5.74) is -2.42. The van der Waals surface area contributed by atoms with Crippen molar-refractivity contribution in [1.82, 2.24) is 0 Å². The van der Waals surface area contributed by atoms with Crippen LogP contribution in [0.2, 0.25) is 0 Å². The largest absolute Gasteiger partial charge is 0.462 e. The summed E-state index contributed by atoms with van der Waals surface area (Å²) < 4.78 is 17.4. The Balaban J connectivity index is 1.80. The van der Waals surface area contributed by atoms with E-state index in [-0.39, 0.29) is 52.4 Å². The molecular weight excluding hydrogens is 424 g/mol. The highest BCUT2D eigenvalue weighted by Gasteiger charge is 2.75. The van der Waals surface area contributed by atoms with Crippen molar-refractivity contribution < 1.29 is 33.4 Å². The zero-order valence-corrected chi connectivity index (χ0v) is 21.0. The molecule has 7 heteroatoms. The minimum atomic E-state index is -1.19. The first kappa shape index (κ1) is 24.2. The summed E-state index contributed by atoms with van der Waals surface area (Å²) >= 11 is 0. The normalized spacial score (nSPS) is 45.4. The van der Waals surface area contributed by atoms with E-state index in [4.69, 9.17) is 14.2 Å². The van der Waals surface area contributed by atoms with Crippen LogP contribution in [0.1, 0.15) is 87.0 Å². The zero-order chi connectivity index (χ0) is 24.6. The van der Waals surface area contributed by atoms with E-state index >= 15 is 0 Å². The number of ether oxygens (including phenoxy) is 3. The molecule has 0 amide bonds. The molecule has 0 saturated heterocycles. The molecule has 4 saturated carbocycles. The average molecular weight is 463 g/mol. The van der Waals surface area contributed by atoms with Crippen molar-refractivity contribution in [3.63, 3.8) is 0 Å². The second-order valence-electron chi connectivity index (χ2n) is 12.0. The van der Waals surface area contributed by atoms with Crippen molar-refractivity contribution in [2.45, 2.75) is 105 Å². The van der Waals surface area contributed by atoms with Gasteiger partial charge in [-0.1, -0.05) is 20.8 Å². The SMILES string of the molecule is CC(=O)O[C@H]1C[C@H]2C[C@@]3(CCC4C(C)(C)[C@H](OC(C)=O)CC[C@@]4(C)[C@H]13)C(=O)[C@@]2(C)OC(C)=O. The van der Waals surface area contributed by atoms with Crippen LogP contribution in [-0.2, 0) is 33.4 Å². The maximum absolute atomic E-state index is 14.1. The number of hydrogen-bond donors (Lipinski definition) is 0. The van der Waals surface area contributed by atoms with Gasteiger partial charge < -0.3 is 14.2 Å². The van der Waals surface area contributed by atoms with Crippen molar-refractivity contribution in [2.24, 2.45) is 34.0 Å². The van der Waals surface area contributed by atoms with E-state index in [1.165, 1.54) is 20.8 Å². The molecule has 4 fully saturated rings. The predicted molar refractivity (Wildman–Crippen MR) is 119 cm³/mol. The smallest absolute Gasteiger partial charge is 0.303 e. The number of fused-ring (bicyclic) bond motifs is 3. The molecule has 7 nitrogen and oxygen atoms in total. The summed E-state index contributed by atoms with van der Waals surface area (Å²) in [5, 5.41) is 0. The molecule has 0 aromatic carbocycles. The summed E-state index contributed by atoms with van der Waals surface area (Å²) in [7, 11) is 0. The van der Waals surface area contributed by atoms with E-state index < -0.39 is 23.1 Å². The van der Waals surface area contributed by atoms with Crippen molar-refractivity contribution in [2.75, 3.05) is 0 Å². The van der Waals surface area contributed by atoms with Crippen LogP contribution < -0.4 is 0 Å². The third kappa shape index (κ3) is 3.35. The second kappa shape index (κ2) is 7.54. The van der Waals surface area contributed by atoms with Crippen LogP contribution in [0.15, 0.2) is 0 Å². The monoisotopic (exact) mass is 462 g/mol. The summed E-state index contributed by atoms with van der Waals surface area (Å²) in [6, 6.07) is 0. The van der Waals surface area contributed by atoms with E-state index in [9.17, 15) is 19.2 Å². The van der Waals surface area contributed by atoms with Gasteiger partial charge in [0.25, 0.3) is 0 Å².